The molecule has 4 aromatic heterocycles. The van der Waals surface area contributed by atoms with Crippen LogP contribution in [0, 0.1) is 10.1 Å². The van der Waals surface area contributed by atoms with Crippen LogP contribution in [-0.4, -0.2) is 86.4 Å². The summed E-state index contributed by atoms with van der Waals surface area (Å²) in [5, 5.41) is 75.3. The third-order valence-corrected chi connectivity index (χ3v) is 9.08. The Bertz CT molecular complexity index is 3230. The van der Waals surface area contributed by atoms with Gasteiger partial charge in [-0.25, -0.2) is 0 Å². The number of benzene rings is 6. The first-order valence-electron chi connectivity index (χ1n) is 18.1. The van der Waals surface area contributed by atoms with E-state index in [1.54, 1.807) is 0 Å². The molecule has 0 spiro atoms. The van der Waals surface area contributed by atoms with Crippen LogP contribution in [-0.2, 0) is 18.8 Å². The summed E-state index contributed by atoms with van der Waals surface area (Å²) in [4.78, 5) is 12.5. The van der Waals surface area contributed by atoms with Crippen molar-refractivity contribution in [1.82, 2.24) is 60.6 Å². The minimum Gasteiger partial charge on any atom is -0.410 e. The number of halogens is 6. The Balaban J connectivity index is 0.000000129. The largest absolute Gasteiger partial charge is 0.418 e. The molecule has 0 aliphatic heterocycles. The Morgan fingerprint density at radius 1 is 0.516 bits per heavy atom. The molecule has 0 aliphatic carbocycles. The van der Waals surface area contributed by atoms with Gasteiger partial charge in [-0.15, -0.1) is 20.4 Å². The van der Waals surface area contributed by atoms with Crippen LogP contribution in [0.3, 0.4) is 0 Å². The van der Waals surface area contributed by atoms with E-state index in [1.165, 1.54) is 29.8 Å². The van der Waals surface area contributed by atoms with E-state index in [-0.39, 0.29) is 33.3 Å². The molecule has 0 radical (unpaired) electrons. The lowest BCUT2D eigenvalue weighted by Gasteiger charge is -2.05. The zero-order chi connectivity index (χ0) is 45.8. The third-order valence-electron chi connectivity index (χ3n) is 9.08. The monoisotopic (exact) mass is 887 g/mol. The molecular formula is C39H27F6N13O6. The first-order valence-corrected chi connectivity index (χ1v) is 18.1. The predicted octanol–water partition coefficient (Wildman–Crippen LogP) is 7.88. The molecule has 0 saturated heterocycles. The van der Waals surface area contributed by atoms with Crippen LogP contribution in [0.15, 0.2) is 127 Å². The second-order valence-electron chi connectivity index (χ2n) is 13.3. The summed E-state index contributed by atoms with van der Waals surface area (Å²) in [6.07, 6.45) is -8.04. The Morgan fingerprint density at radius 3 is 1.67 bits per heavy atom. The van der Waals surface area contributed by atoms with E-state index in [4.69, 9.17) is 10.4 Å². The van der Waals surface area contributed by atoms with Crippen molar-refractivity contribution in [3.63, 3.8) is 0 Å². The van der Waals surface area contributed by atoms with Crippen LogP contribution in [0.4, 0.5) is 32.0 Å². The lowest BCUT2D eigenvalue weighted by Crippen LogP contribution is -2.05. The van der Waals surface area contributed by atoms with Crippen LogP contribution in [0.25, 0.3) is 55.3 Å². The van der Waals surface area contributed by atoms with Crippen molar-refractivity contribution in [1.29, 1.82) is 0 Å². The van der Waals surface area contributed by atoms with Gasteiger partial charge in [-0.2, -0.15) is 26.3 Å². The molecular weight excluding hydrogens is 861 g/mol. The van der Waals surface area contributed by atoms with Crippen LogP contribution in [0.1, 0.15) is 22.3 Å². The molecule has 10 aromatic rings. The minimum atomic E-state index is -4.49. The topological polar surface area (TPSA) is 247 Å². The first kappa shape index (κ1) is 43.2. The second-order valence-corrected chi connectivity index (χ2v) is 13.3. The number of aromatic nitrogens is 12. The standard InChI is InChI=1S/C13H11N3O.C12H8N4O3.2C7H4F3N3O/c17-16-13-7-6-11(9-12(13)14-15-16)8-10-4-2-1-3-5-10;17-15-11-7-9(16(18)19)6-10(12(11)13-14-15)8-4-2-1-3-5-8;8-7(9,10)4-1-2-6-5(3-4)11-12-13(6)14;8-7(9,10)4-2-1-3-5-6(4)11-12-13(5)14/h1-7,9,17H,8H2;1-7,17H;2*1-3,14H. The Hall–Kier alpha value is -8.90. The van der Waals surface area contributed by atoms with Crippen molar-refractivity contribution in [2.75, 3.05) is 0 Å². The van der Waals surface area contributed by atoms with E-state index in [9.17, 15) is 46.9 Å². The van der Waals surface area contributed by atoms with Crippen LogP contribution < -0.4 is 0 Å². The molecule has 19 nitrogen and oxygen atoms in total. The normalized spacial score (nSPS) is 11.4. The molecule has 0 saturated carbocycles. The summed E-state index contributed by atoms with van der Waals surface area (Å²) >= 11 is 0. The summed E-state index contributed by atoms with van der Waals surface area (Å²) in [7, 11) is 0. The zero-order valence-corrected chi connectivity index (χ0v) is 32.0. The number of nitro benzene ring substituents is 1. The highest BCUT2D eigenvalue weighted by molar-refractivity contribution is 5.93. The highest BCUT2D eigenvalue weighted by Crippen LogP contribution is 2.34. The zero-order valence-electron chi connectivity index (χ0n) is 32.0. The fourth-order valence-corrected chi connectivity index (χ4v) is 6.09. The number of hydrogen-bond donors (Lipinski definition) is 4. The maximum Gasteiger partial charge on any atom is 0.418 e. The van der Waals surface area contributed by atoms with Crippen LogP contribution in [0.2, 0.25) is 0 Å². The number of alkyl halides is 6. The second kappa shape index (κ2) is 17.6. The van der Waals surface area contributed by atoms with Gasteiger partial charge in [-0.1, -0.05) is 92.2 Å². The van der Waals surface area contributed by atoms with Crippen molar-refractivity contribution < 1.29 is 52.1 Å². The minimum absolute atomic E-state index is 0.00215. The number of hydrogen-bond acceptors (Lipinski definition) is 14. The van der Waals surface area contributed by atoms with E-state index in [1.807, 2.05) is 66.7 Å². The number of nitrogens with zero attached hydrogens (tertiary/aromatic N) is 13. The van der Waals surface area contributed by atoms with Gasteiger partial charge in [-0.05, 0) is 86.4 Å². The van der Waals surface area contributed by atoms with Crippen LogP contribution in [0.5, 0.6) is 0 Å². The Morgan fingerprint density at radius 2 is 1.06 bits per heavy atom. The Labute approximate surface area is 351 Å². The number of nitro groups is 1. The maximum atomic E-state index is 12.4. The number of rotatable bonds is 4. The van der Waals surface area contributed by atoms with Gasteiger partial charge in [0.05, 0.1) is 16.1 Å². The van der Waals surface area contributed by atoms with Crippen molar-refractivity contribution >= 4 is 49.8 Å². The van der Waals surface area contributed by atoms with Crippen molar-refractivity contribution in [3.05, 3.63) is 160 Å². The fourth-order valence-electron chi connectivity index (χ4n) is 6.09. The van der Waals surface area contributed by atoms with E-state index in [0.717, 1.165) is 46.7 Å². The highest BCUT2D eigenvalue weighted by atomic mass is 19.4. The predicted molar refractivity (Wildman–Crippen MR) is 210 cm³/mol. The average Bonchev–Trinajstić information content (AvgIpc) is 4.06. The molecule has 4 N–H and O–H groups in total. The molecule has 64 heavy (non-hydrogen) atoms. The molecule has 0 fully saturated rings. The lowest BCUT2D eigenvalue weighted by atomic mass is 10.0. The highest BCUT2D eigenvalue weighted by Gasteiger charge is 2.34. The smallest absolute Gasteiger partial charge is 0.410 e. The van der Waals surface area contributed by atoms with Gasteiger partial charge < -0.3 is 20.8 Å². The lowest BCUT2D eigenvalue weighted by molar-refractivity contribution is -0.384. The third kappa shape index (κ3) is 9.51. The summed E-state index contributed by atoms with van der Waals surface area (Å²) in [5.74, 6) is 0. The van der Waals surface area contributed by atoms with Crippen molar-refractivity contribution in [2.24, 2.45) is 0 Å². The SMILES string of the molecule is O=[N+]([O-])c1cc(-c2ccccc2)c2nnn(O)c2c1.On1nnc2c(C(F)(F)F)cccc21.On1nnc2cc(C(F)(F)F)ccc21.On1nnc2cc(Cc3ccccc3)ccc21. The quantitative estimate of drug-likeness (QED) is 0.0568. The maximum absolute atomic E-state index is 12.4. The average molecular weight is 888 g/mol. The van der Waals surface area contributed by atoms with Gasteiger partial charge in [-0.3, -0.25) is 10.1 Å². The Kier molecular flexibility index (Phi) is 11.9. The molecule has 0 atom stereocenters. The number of non-ortho nitro benzene ring substituents is 1. The summed E-state index contributed by atoms with van der Waals surface area (Å²) < 4.78 is 73.7. The van der Waals surface area contributed by atoms with Crippen molar-refractivity contribution in [3.8, 4) is 11.1 Å². The molecule has 0 amide bonds. The molecule has 0 unspecified atom stereocenters. The van der Waals surface area contributed by atoms with E-state index in [2.05, 4.69) is 53.4 Å². The van der Waals surface area contributed by atoms with Gasteiger partial charge in [0.1, 0.15) is 44.1 Å². The molecule has 4 heterocycles. The molecule has 0 bridgehead atoms. The molecule has 326 valence electrons. The van der Waals surface area contributed by atoms with Gasteiger partial charge in [0.25, 0.3) is 5.69 Å². The molecule has 0 aliphatic rings. The summed E-state index contributed by atoms with van der Waals surface area (Å²) in [6, 6.07) is 33.9. The van der Waals surface area contributed by atoms with E-state index in [0.29, 0.717) is 36.6 Å². The summed E-state index contributed by atoms with van der Waals surface area (Å²) in [6.45, 7) is 0. The van der Waals surface area contributed by atoms with Gasteiger partial charge in [0, 0.05) is 17.7 Å². The first-order chi connectivity index (χ1) is 30.5. The summed E-state index contributed by atoms with van der Waals surface area (Å²) in [5.41, 5.74) is 3.57. The van der Waals surface area contributed by atoms with E-state index < -0.39 is 28.4 Å². The fraction of sp³-hybridized carbons (Fsp3) is 0.0769. The number of fused-ring (bicyclic) bond motifs is 4. The van der Waals surface area contributed by atoms with E-state index >= 15 is 0 Å². The van der Waals surface area contributed by atoms with Gasteiger partial charge >= 0.3 is 12.4 Å². The van der Waals surface area contributed by atoms with Gasteiger partial charge in [0.15, 0.2) is 0 Å². The molecule has 25 heteroatoms. The molecule has 6 aromatic carbocycles. The van der Waals surface area contributed by atoms with Crippen molar-refractivity contribution in [2.45, 2.75) is 18.8 Å². The van der Waals surface area contributed by atoms with Crippen LogP contribution >= 0.6 is 0 Å². The van der Waals surface area contributed by atoms with Gasteiger partial charge in [0.2, 0.25) is 0 Å². The molecule has 10 rings (SSSR count).